The third-order valence-corrected chi connectivity index (χ3v) is 5.42. The maximum Gasteiger partial charge on any atom is 0.416 e. The Morgan fingerprint density at radius 1 is 1.36 bits per heavy atom. The molecule has 1 heterocycles. The van der Waals surface area contributed by atoms with E-state index >= 15 is 0 Å². The van der Waals surface area contributed by atoms with Crippen LogP contribution in [0.15, 0.2) is 29.2 Å². The zero-order valence-corrected chi connectivity index (χ0v) is 14.5. The largest absolute Gasteiger partial charge is 0.416 e. The molecule has 1 aromatic rings. The van der Waals surface area contributed by atoms with E-state index in [0.717, 1.165) is 31.0 Å². The number of carbonyl (C=O) groups excluding carboxylic acids is 1. The zero-order valence-electron chi connectivity index (χ0n) is 13.6. The number of sulfonamides is 1. The molecule has 0 bridgehead atoms. The number of rotatable bonds is 6. The lowest BCUT2D eigenvalue weighted by molar-refractivity contribution is -0.137. The van der Waals surface area contributed by atoms with Gasteiger partial charge in [-0.25, -0.2) is 13.1 Å². The molecule has 25 heavy (non-hydrogen) atoms. The second kappa shape index (κ2) is 7.71. The Bertz CT molecular complexity index is 722. The summed E-state index contributed by atoms with van der Waals surface area (Å²) < 4.78 is 64.6. The van der Waals surface area contributed by atoms with Crippen molar-refractivity contribution in [3.05, 3.63) is 29.8 Å². The Morgan fingerprint density at radius 2 is 2.08 bits per heavy atom. The van der Waals surface area contributed by atoms with E-state index in [9.17, 15) is 26.4 Å². The fraction of sp³-hybridized carbons (Fsp3) is 0.533. The number of alkyl halides is 3. The van der Waals surface area contributed by atoms with E-state index in [2.05, 4.69) is 10.0 Å². The summed E-state index contributed by atoms with van der Waals surface area (Å²) in [5.41, 5.74) is -1.06. The molecule has 0 radical (unpaired) electrons. The monoisotopic (exact) mass is 379 g/mol. The number of likely N-dealkylation sites (N-methyl/N-ethyl adjacent to an activating group) is 1. The Balaban J connectivity index is 2.05. The highest BCUT2D eigenvalue weighted by atomic mass is 32.2. The van der Waals surface area contributed by atoms with Gasteiger partial charge in [0.15, 0.2) is 0 Å². The number of hydrogen-bond donors (Lipinski definition) is 2. The third-order valence-electron chi connectivity index (χ3n) is 4.02. The molecule has 1 saturated heterocycles. The van der Waals surface area contributed by atoms with Crippen molar-refractivity contribution in [2.24, 2.45) is 0 Å². The minimum Gasteiger partial charge on any atom is -0.337 e. The number of nitrogens with one attached hydrogen (secondary N) is 2. The van der Waals surface area contributed by atoms with Crippen LogP contribution in [0.5, 0.6) is 0 Å². The van der Waals surface area contributed by atoms with Crippen molar-refractivity contribution in [3.63, 3.8) is 0 Å². The topological polar surface area (TPSA) is 78.5 Å². The van der Waals surface area contributed by atoms with E-state index in [1.807, 2.05) is 0 Å². The second-order valence-corrected chi connectivity index (χ2v) is 7.56. The molecule has 1 unspecified atom stereocenters. The summed E-state index contributed by atoms with van der Waals surface area (Å²) in [7, 11) is -2.45. The molecule has 0 saturated carbocycles. The molecule has 2 rings (SSSR count). The van der Waals surface area contributed by atoms with Crippen molar-refractivity contribution in [2.75, 3.05) is 26.7 Å². The first-order chi connectivity index (χ1) is 11.6. The van der Waals surface area contributed by atoms with Crippen molar-refractivity contribution in [2.45, 2.75) is 30.0 Å². The van der Waals surface area contributed by atoms with Gasteiger partial charge in [-0.15, -0.1) is 0 Å². The molecule has 1 aromatic carbocycles. The van der Waals surface area contributed by atoms with Crippen LogP contribution in [0.3, 0.4) is 0 Å². The predicted octanol–water partition coefficient (Wildman–Crippen LogP) is 1.19. The zero-order chi connectivity index (χ0) is 18.7. The molecule has 0 aromatic heterocycles. The van der Waals surface area contributed by atoms with Crippen LogP contribution in [0.1, 0.15) is 18.4 Å². The average molecular weight is 379 g/mol. The van der Waals surface area contributed by atoms with Gasteiger partial charge < -0.3 is 10.2 Å². The van der Waals surface area contributed by atoms with Crippen LogP contribution in [-0.2, 0) is 21.0 Å². The molecule has 140 valence electrons. The summed E-state index contributed by atoms with van der Waals surface area (Å²) in [6.45, 7) is 0.654. The molecule has 2 N–H and O–H groups in total. The summed E-state index contributed by atoms with van der Waals surface area (Å²) in [6.07, 6.45) is -2.98. The average Bonchev–Trinajstić information content (AvgIpc) is 3.01. The number of halogens is 3. The van der Waals surface area contributed by atoms with Crippen molar-refractivity contribution in [1.82, 2.24) is 14.9 Å². The van der Waals surface area contributed by atoms with Crippen LogP contribution in [0.2, 0.25) is 0 Å². The molecule has 1 fully saturated rings. The second-order valence-electron chi connectivity index (χ2n) is 5.79. The first-order valence-electron chi connectivity index (χ1n) is 7.76. The van der Waals surface area contributed by atoms with Gasteiger partial charge in [-0.1, -0.05) is 6.07 Å². The normalized spacial score (nSPS) is 18.6. The van der Waals surface area contributed by atoms with Crippen LogP contribution >= 0.6 is 0 Å². The maximum atomic E-state index is 12.7. The van der Waals surface area contributed by atoms with E-state index in [0.29, 0.717) is 19.2 Å². The summed E-state index contributed by atoms with van der Waals surface area (Å²) in [6, 6.07) is 3.41. The molecule has 1 aliphatic heterocycles. The van der Waals surface area contributed by atoms with Crippen molar-refractivity contribution in [1.29, 1.82) is 0 Å². The van der Waals surface area contributed by atoms with Gasteiger partial charge in [0.1, 0.15) is 0 Å². The van der Waals surface area contributed by atoms with Crippen molar-refractivity contribution in [3.8, 4) is 0 Å². The summed E-state index contributed by atoms with van der Waals surface area (Å²) in [5.74, 6) is -0.395. The summed E-state index contributed by atoms with van der Waals surface area (Å²) in [5, 5.41) is 2.97. The van der Waals surface area contributed by atoms with Gasteiger partial charge in [0, 0.05) is 19.1 Å². The Kier molecular flexibility index (Phi) is 6.07. The van der Waals surface area contributed by atoms with Gasteiger partial charge >= 0.3 is 6.18 Å². The number of nitrogens with zero attached hydrogens (tertiary/aromatic N) is 1. The van der Waals surface area contributed by atoms with Crippen LogP contribution < -0.4 is 10.0 Å². The van der Waals surface area contributed by atoms with Gasteiger partial charge in [-0.2, -0.15) is 13.2 Å². The molecule has 1 amide bonds. The molecule has 0 aliphatic carbocycles. The predicted molar refractivity (Wildman–Crippen MR) is 85.3 cm³/mol. The standard InChI is InChI=1S/C15H20F3N3O3S/c1-19-9-12-5-3-7-21(12)14(22)10-20-25(23,24)13-6-2-4-11(8-13)15(16,17)18/h2,4,6,8,12,19-20H,3,5,7,9-10H2,1H3. The van der Waals surface area contributed by atoms with E-state index in [1.165, 1.54) is 0 Å². The van der Waals surface area contributed by atoms with Crippen molar-refractivity contribution >= 4 is 15.9 Å². The first-order valence-corrected chi connectivity index (χ1v) is 9.24. The minimum atomic E-state index is -4.64. The number of benzene rings is 1. The molecular formula is C15H20F3N3O3S. The third kappa shape index (κ3) is 4.93. The number of likely N-dealkylation sites (tertiary alicyclic amines) is 1. The fourth-order valence-corrected chi connectivity index (χ4v) is 3.81. The van der Waals surface area contributed by atoms with Crippen LogP contribution in [0.25, 0.3) is 0 Å². The van der Waals surface area contributed by atoms with Gasteiger partial charge in [0.2, 0.25) is 15.9 Å². The summed E-state index contributed by atoms with van der Waals surface area (Å²) >= 11 is 0. The molecule has 1 aliphatic rings. The highest BCUT2D eigenvalue weighted by molar-refractivity contribution is 7.89. The Morgan fingerprint density at radius 3 is 2.72 bits per heavy atom. The first kappa shape index (κ1) is 19.7. The minimum absolute atomic E-state index is 0.00411. The quantitative estimate of drug-likeness (QED) is 0.779. The maximum absolute atomic E-state index is 12.7. The molecular weight excluding hydrogens is 359 g/mol. The van der Waals surface area contributed by atoms with Gasteiger partial charge in [-0.05, 0) is 38.1 Å². The van der Waals surface area contributed by atoms with Crippen LogP contribution in [-0.4, -0.2) is 51.9 Å². The van der Waals surface area contributed by atoms with Gasteiger partial charge in [-0.3, -0.25) is 4.79 Å². The Hall–Kier alpha value is -1.65. The lowest BCUT2D eigenvalue weighted by atomic mass is 10.2. The van der Waals surface area contributed by atoms with E-state index < -0.39 is 39.1 Å². The number of amides is 1. The van der Waals surface area contributed by atoms with E-state index in [-0.39, 0.29) is 6.04 Å². The Labute approximate surface area is 144 Å². The fourth-order valence-electron chi connectivity index (χ4n) is 2.79. The number of carbonyl (C=O) groups is 1. The smallest absolute Gasteiger partial charge is 0.337 e. The molecule has 6 nitrogen and oxygen atoms in total. The van der Waals surface area contributed by atoms with Gasteiger partial charge in [0.25, 0.3) is 0 Å². The lowest BCUT2D eigenvalue weighted by Gasteiger charge is -2.24. The molecule has 1 atom stereocenters. The SMILES string of the molecule is CNCC1CCCN1C(=O)CNS(=O)(=O)c1cccc(C(F)(F)F)c1. The lowest BCUT2D eigenvalue weighted by Crippen LogP contribution is -2.45. The highest BCUT2D eigenvalue weighted by Crippen LogP contribution is 2.30. The summed E-state index contributed by atoms with van der Waals surface area (Å²) in [4.78, 5) is 13.3. The van der Waals surface area contributed by atoms with Gasteiger partial charge in [0.05, 0.1) is 17.0 Å². The molecule has 10 heteroatoms. The highest BCUT2D eigenvalue weighted by Gasteiger charge is 2.32. The number of hydrogen-bond acceptors (Lipinski definition) is 4. The van der Waals surface area contributed by atoms with Crippen molar-refractivity contribution < 1.29 is 26.4 Å². The van der Waals surface area contributed by atoms with Crippen LogP contribution in [0, 0.1) is 0 Å². The van der Waals surface area contributed by atoms with E-state index in [1.54, 1.807) is 11.9 Å². The molecule has 0 spiro atoms. The van der Waals surface area contributed by atoms with Crippen LogP contribution in [0.4, 0.5) is 13.2 Å². The van der Waals surface area contributed by atoms with E-state index in [4.69, 9.17) is 0 Å².